The van der Waals surface area contributed by atoms with Gasteiger partial charge in [0, 0.05) is 31.1 Å². The van der Waals surface area contributed by atoms with Crippen molar-refractivity contribution in [2.75, 3.05) is 19.6 Å². The fourth-order valence-corrected chi connectivity index (χ4v) is 2.08. The molecular formula is C14H18N6O. The summed E-state index contributed by atoms with van der Waals surface area (Å²) in [6.07, 6.45) is 0. The molecule has 1 aromatic carbocycles. The summed E-state index contributed by atoms with van der Waals surface area (Å²) in [6, 6.07) is 9.12. The molecule has 1 fully saturated rings. The van der Waals surface area contributed by atoms with Gasteiger partial charge in [0.1, 0.15) is 6.04 Å². The maximum absolute atomic E-state index is 12.1. The lowest BCUT2D eigenvalue weighted by molar-refractivity contribution is -0.124. The molecule has 1 saturated heterocycles. The summed E-state index contributed by atoms with van der Waals surface area (Å²) in [5.41, 5.74) is 0.886. The van der Waals surface area contributed by atoms with Crippen LogP contribution < -0.4 is 10.6 Å². The fourth-order valence-electron chi connectivity index (χ4n) is 2.08. The normalized spacial score (nSPS) is 16.2. The third kappa shape index (κ3) is 3.08. The van der Waals surface area contributed by atoms with Gasteiger partial charge in [0.15, 0.2) is 0 Å². The van der Waals surface area contributed by atoms with Crippen molar-refractivity contribution in [3.8, 4) is 11.4 Å². The lowest BCUT2D eigenvalue weighted by atomic mass is 10.0. The second-order valence-electron chi connectivity index (χ2n) is 5.24. The molecule has 0 radical (unpaired) electrons. The van der Waals surface area contributed by atoms with Crippen LogP contribution in [0.4, 0.5) is 0 Å². The molecule has 3 rings (SSSR count). The highest BCUT2D eigenvalue weighted by Gasteiger charge is 2.22. The van der Waals surface area contributed by atoms with Crippen molar-refractivity contribution in [1.82, 2.24) is 30.8 Å². The quantitative estimate of drug-likeness (QED) is 0.822. The number of carbonyl (C=O) groups is 1. The number of hydrogen-bond donors (Lipinski definition) is 2. The van der Waals surface area contributed by atoms with Crippen LogP contribution in [-0.2, 0) is 4.79 Å². The Morgan fingerprint density at radius 2 is 2.19 bits per heavy atom. The van der Waals surface area contributed by atoms with Crippen LogP contribution in [0.25, 0.3) is 11.4 Å². The van der Waals surface area contributed by atoms with Crippen LogP contribution in [0.1, 0.15) is 13.0 Å². The first-order chi connectivity index (χ1) is 10.2. The third-order valence-corrected chi connectivity index (χ3v) is 3.62. The molecule has 2 aromatic rings. The highest BCUT2D eigenvalue weighted by molar-refractivity contribution is 5.79. The topological polar surface area (TPSA) is 84.7 Å². The van der Waals surface area contributed by atoms with Gasteiger partial charge < -0.3 is 10.6 Å². The third-order valence-electron chi connectivity index (χ3n) is 3.62. The van der Waals surface area contributed by atoms with Crippen LogP contribution in [0.5, 0.6) is 0 Å². The summed E-state index contributed by atoms with van der Waals surface area (Å²) in [4.78, 5) is 13.4. The highest BCUT2D eigenvalue weighted by atomic mass is 16.2. The molecule has 0 bridgehead atoms. The van der Waals surface area contributed by atoms with E-state index in [1.807, 2.05) is 30.3 Å². The summed E-state index contributed by atoms with van der Waals surface area (Å²) in [6.45, 7) is 4.39. The number of benzene rings is 1. The molecule has 1 atom stereocenters. The molecule has 1 unspecified atom stereocenters. The molecule has 0 aliphatic carbocycles. The van der Waals surface area contributed by atoms with E-state index < -0.39 is 6.04 Å². The number of hydrogen-bond acceptors (Lipinski definition) is 5. The molecule has 1 aliphatic rings. The fraction of sp³-hybridized carbons (Fsp3) is 0.429. The van der Waals surface area contributed by atoms with Crippen molar-refractivity contribution in [3.63, 3.8) is 0 Å². The van der Waals surface area contributed by atoms with E-state index in [9.17, 15) is 4.79 Å². The van der Waals surface area contributed by atoms with Gasteiger partial charge >= 0.3 is 0 Å². The van der Waals surface area contributed by atoms with Gasteiger partial charge in [-0.25, -0.2) is 0 Å². The van der Waals surface area contributed by atoms with E-state index in [0.717, 1.165) is 18.7 Å². The molecule has 2 heterocycles. The maximum Gasteiger partial charge on any atom is 0.246 e. The predicted octanol–water partition coefficient (Wildman–Crippen LogP) is 0.237. The largest absolute Gasteiger partial charge is 0.354 e. The van der Waals surface area contributed by atoms with E-state index in [-0.39, 0.29) is 5.91 Å². The second kappa shape index (κ2) is 6.01. The lowest BCUT2D eigenvalue weighted by Gasteiger charge is -2.27. The van der Waals surface area contributed by atoms with Crippen LogP contribution in [0.2, 0.25) is 0 Å². The molecule has 7 heteroatoms. The summed E-state index contributed by atoms with van der Waals surface area (Å²) >= 11 is 0. The average molecular weight is 286 g/mol. The zero-order valence-electron chi connectivity index (χ0n) is 11.9. The molecule has 1 aromatic heterocycles. The first-order valence-corrected chi connectivity index (χ1v) is 7.07. The number of amides is 1. The van der Waals surface area contributed by atoms with Crippen LogP contribution in [0.15, 0.2) is 30.3 Å². The van der Waals surface area contributed by atoms with Gasteiger partial charge in [-0.1, -0.05) is 30.3 Å². The van der Waals surface area contributed by atoms with Gasteiger partial charge in [-0.05, 0) is 12.1 Å². The number of nitrogens with one attached hydrogen (secondary N) is 2. The van der Waals surface area contributed by atoms with Crippen molar-refractivity contribution < 1.29 is 4.79 Å². The van der Waals surface area contributed by atoms with Crippen molar-refractivity contribution in [2.45, 2.75) is 13.0 Å². The van der Waals surface area contributed by atoms with E-state index >= 15 is 0 Å². The minimum absolute atomic E-state index is 0.0843. The highest BCUT2D eigenvalue weighted by Crippen LogP contribution is 2.13. The predicted molar refractivity (Wildman–Crippen MR) is 77.3 cm³/mol. The van der Waals surface area contributed by atoms with E-state index in [1.54, 1.807) is 6.92 Å². The van der Waals surface area contributed by atoms with Gasteiger partial charge in [0.05, 0.1) is 0 Å². The van der Waals surface area contributed by atoms with Crippen LogP contribution in [0.3, 0.4) is 0 Å². The number of nitrogens with zero attached hydrogens (tertiary/aromatic N) is 4. The molecule has 7 nitrogen and oxygen atoms in total. The standard InChI is InChI=1S/C14H18N6O/c1-10(14(21)16-9-11-7-15-8-11)20-18-13(17-19-20)12-5-3-2-4-6-12/h2-6,10-11,15H,7-9H2,1H3,(H,16,21). The Hall–Kier alpha value is -2.28. The Balaban J connectivity index is 1.63. The molecule has 0 saturated carbocycles. The van der Waals surface area contributed by atoms with Gasteiger partial charge in [-0.3, -0.25) is 4.79 Å². The van der Waals surface area contributed by atoms with E-state index in [0.29, 0.717) is 18.3 Å². The molecule has 2 N–H and O–H groups in total. The summed E-state index contributed by atoms with van der Waals surface area (Å²) < 4.78 is 0. The number of rotatable bonds is 5. The summed E-state index contributed by atoms with van der Waals surface area (Å²) in [7, 11) is 0. The van der Waals surface area contributed by atoms with E-state index in [1.165, 1.54) is 4.80 Å². The molecule has 0 spiro atoms. The van der Waals surface area contributed by atoms with Crippen molar-refractivity contribution in [2.24, 2.45) is 5.92 Å². The first kappa shape index (κ1) is 13.7. The smallest absolute Gasteiger partial charge is 0.246 e. The Labute approximate surface area is 122 Å². The van der Waals surface area contributed by atoms with Crippen LogP contribution >= 0.6 is 0 Å². The number of aromatic nitrogens is 4. The maximum atomic E-state index is 12.1. The second-order valence-corrected chi connectivity index (χ2v) is 5.24. The zero-order chi connectivity index (χ0) is 14.7. The van der Waals surface area contributed by atoms with Crippen LogP contribution in [-0.4, -0.2) is 45.7 Å². The minimum atomic E-state index is -0.469. The van der Waals surface area contributed by atoms with Crippen molar-refractivity contribution in [1.29, 1.82) is 0 Å². The molecule has 1 amide bonds. The monoisotopic (exact) mass is 286 g/mol. The number of carbonyl (C=O) groups excluding carboxylic acids is 1. The Kier molecular flexibility index (Phi) is 3.92. The van der Waals surface area contributed by atoms with Crippen molar-refractivity contribution >= 4 is 5.91 Å². The first-order valence-electron chi connectivity index (χ1n) is 7.07. The van der Waals surface area contributed by atoms with Crippen LogP contribution in [0, 0.1) is 5.92 Å². The summed E-state index contributed by atoms with van der Waals surface area (Å²) in [5, 5.41) is 18.4. The zero-order valence-corrected chi connectivity index (χ0v) is 11.9. The van der Waals surface area contributed by atoms with Gasteiger partial charge in [-0.2, -0.15) is 4.80 Å². The SMILES string of the molecule is CC(C(=O)NCC1CNC1)n1nnc(-c2ccccc2)n1. The van der Waals surface area contributed by atoms with Gasteiger partial charge in [-0.15, -0.1) is 10.2 Å². The number of tetrazole rings is 1. The van der Waals surface area contributed by atoms with Gasteiger partial charge in [0.25, 0.3) is 0 Å². The Morgan fingerprint density at radius 3 is 2.86 bits per heavy atom. The average Bonchev–Trinajstić information content (AvgIpc) is 2.95. The van der Waals surface area contributed by atoms with Crippen molar-refractivity contribution in [3.05, 3.63) is 30.3 Å². The molecule has 1 aliphatic heterocycles. The van der Waals surface area contributed by atoms with Gasteiger partial charge in [0.2, 0.25) is 11.7 Å². The lowest BCUT2D eigenvalue weighted by Crippen LogP contribution is -2.49. The minimum Gasteiger partial charge on any atom is -0.354 e. The summed E-state index contributed by atoms with van der Waals surface area (Å²) in [5.74, 6) is 0.974. The molecule has 110 valence electrons. The molecule has 21 heavy (non-hydrogen) atoms. The van der Waals surface area contributed by atoms with E-state index in [4.69, 9.17) is 0 Å². The van der Waals surface area contributed by atoms with E-state index in [2.05, 4.69) is 26.0 Å². The molecular weight excluding hydrogens is 268 g/mol. The Bertz CT molecular complexity index is 607. The Morgan fingerprint density at radius 1 is 1.43 bits per heavy atom.